The molecule has 1 amide bonds. The standard InChI is InChI=1S/C18H17FN6O2/c19-12-1-2-13-14(7-12)22-23-16(13)17(26)25-9-11-8-20-18(21-15(11)10-25)24-3-5-27-6-4-24/h1-2,7-8H,3-6,9-10H2,(H,22,23). The summed E-state index contributed by atoms with van der Waals surface area (Å²) in [5.41, 5.74) is 2.58. The van der Waals surface area contributed by atoms with Gasteiger partial charge in [-0.05, 0) is 18.2 Å². The Morgan fingerprint density at radius 3 is 2.93 bits per heavy atom. The molecule has 1 aromatic carbocycles. The first-order valence-corrected chi connectivity index (χ1v) is 8.79. The van der Waals surface area contributed by atoms with Crippen molar-refractivity contribution in [2.24, 2.45) is 0 Å². The summed E-state index contributed by atoms with van der Waals surface area (Å²) in [5, 5.41) is 7.43. The molecule has 5 rings (SSSR count). The van der Waals surface area contributed by atoms with E-state index in [1.165, 1.54) is 12.1 Å². The van der Waals surface area contributed by atoms with Crippen molar-refractivity contribution in [3.05, 3.63) is 47.2 Å². The van der Waals surface area contributed by atoms with Crippen LogP contribution in [0.2, 0.25) is 0 Å². The zero-order valence-electron chi connectivity index (χ0n) is 14.5. The van der Waals surface area contributed by atoms with Crippen LogP contribution < -0.4 is 4.90 Å². The summed E-state index contributed by atoms with van der Waals surface area (Å²) in [6, 6.07) is 4.23. The smallest absolute Gasteiger partial charge is 0.275 e. The van der Waals surface area contributed by atoms with Crippen LogP contribution in [0.15, 0.2) is 24.4 Å². The molecule has 138 valence electrons. The fourth-order valence-corrected chi connectivity index (χ4v) is 3.51. The number of benzene rings is 1. The lowest BCUT2D eigenvalue weighted by Crippen LogP contribution is -2.37. The fraction of sp³-hybridized carbons (Fsp3) is 0.333. The van der Waals surface area contributed by atoms with Crippen molar-refractivity contribution in [3.8, 4) is 0 Å². The highest BCUT2D eigenvalue weighted by atomic mass is 19.1. The van der Waals surface area contributed by atoms with Gasteiger partial charge in [0.05, 0.1) is 31.0 Å². The summed E-state index contributed by atoms with van der Waals surface area (Å²) in [4.78, 5) is 25.8. The Morgan fingerprint density at radius 1 is 1.22 bits per heavy atom. The van der Waals surface area contributed by atoms with E-state index < -0.39 is 0 Å². The first-order valence-electron chi connectivity index (χ1n) is 8.79. The number of nitrogens with zero attached hydrogens (tertiary/aromatic N) is 5. The topological polar surface area (TPSA) is 87.2 Å². The minimum atomic E-state index is -0.371. The average Bonchev–Trinajstić information content (AvgIpc) is 3.31. The molecule has 0 bridgehead atoms. The van der Waals surface area contributed by atoms with Crippen LogP contribution in [-0.2, 0) is 17.8 Å². The van der Waals surface area contributed by atoms with E-state index in [0.29, 0.717) is 48.8 Å². The summed E-state index contributed by atoms with van der Waals surface area (Å²) >= 11 is 0. The highest BCUT2D eigenvalue weighted by Gasteiger charge is 2.29. The molecule has 2 aliphatic heterocycles. The minimum Gasteiger partial charge on any atom is -0.378 e. The largest absolute Gasteiger partial charge is 0.378 e. The zero-order chi connectivity index (χ0) is 18.4. The molecule has 27 heavy (non-hydrogen) atoms. The molecule has 4 heterocycles. The molecule has 2 aromatic heterocycles. The van der Waals surface area contributed by atoms with Gasteiger partial charge in [-0.2, -0.15) is 5.10 Å². The van der Waals surface area contributed by atoms with E-state index in [2.05, 4.69) is 25.1 Å². The number of rotatable bonds is 2. The number of anilines is 1. The van der Waals surface area contributed by atoms with Crippen molar-refractivity contribution in [2.75, 3.05) is 31.2 Å². The van der Waals surface area contributed by atoms with Gasteiger partial charge in [0.2, 0.25) is 5.95 Å². The van der Waals surface area contributed by atoms with Crippen LogP contribution in [0.5, 0.6) is 0 Å². The van der Waals surface area contributed by atoms with Gasteiger partial charge in [-0.25, -0.2) is 14.4 Å². The lowest BCUT2D eigenvalue weighted by molar-refractivity contribution is 0.0746. The quantitative estimate of drug-likeness (QED) is 0.737. The highest BCUT2D eigenvalue weighted by molar-refractivity contribution is 6.04. The van der Waals surface area contributed by atoms with Crippen LogP contribution in [-0.4, -0.2) is 57.3 Å². The first-order chi connectivity index (χ1) is 13.2. The number of aromatic amines is 1. The number of hydrogen-bond donors (Lipinski definition) is 1. The van der Waals surface area contributed by atoms with Crippen LogP contribution in [0.1, 0.15) is 21.7 Å². The van der Waals surface area contributed by atoms with Gasteiger partial charge in [0, 0.05) is 36.8 Å². The molecule has 0 unspecified atom stereocenters. The second-order valence-electron chi connectivity index (χ2n) is 6.66. The van der Waals surface area contributed by atoms with Crippen molar-refractivity contribution in [1.82, 2.24) is 25.1 Å². The van der Waals surface area contributed by atoms with Gasteiger partial charge in [-0.1, -0.05) is 0 Å². The number of carbonyl (C=O) groups is 1. The molecule has 0 spiro atoms. The number of aromatic nitrogens is 4. The van der Waals surface area contributed by atoms with Crippen molar-refractivity contribution < 1.29 is 13.9 Å². The molecule has 0 aliphatic carbocycles. The number of ether oxygens (including phenoxy) is 1. The molecule has 0 saturated carbocycles. The first kappa shape index (κ1) is 16.1. The highest BCUT2D eigenvalue weighted by Crippen LogP contribution is 2.26. The number of carbonyl (C=O) groups excluding carboxylic acids is 1. The van der Waals surface area contributed by atoms with Crippen molar-refractivity contribution in [2.45, 2.75) is 13.1 Å². The van der Waals surface area contributed by atoms with E-state index in [-0.39, 0.29) is 11.7 Å². The van der Waals surface area contributed by atoms with Crippen LogP contribution in [0.3, 0.4) is 0 Å². The van der Waals surface area contributed by atoms with E-state index in [1.807, 2.05) is 0 Å². The number of halogens is 1. The zero-order valence-corrected chi connectivity index (χ0v) is 14.5. The number of morpholine rings is 1. The van der Waals surface area contributed by atoms with E-state index in [0.717, 1.165) is 24.3 Å². The second-order valence-corrected chi connectivity index (χ2v) is 6.66. The molecular formula is C18H17FN6O2. The Kier molecular flexibility index (Phi) is 3.75. The van der Waals surface area contributed by atoms with E-state index in [1.54, 1.807) is 17.2 Å². The lowest BCUT2D eigenvalue weighted by atomic mass is 10.2. The monoisotopic (exact) mass is 368 g/mol. The Hall–Kier alpha value is -3.07. The molecule has 8 nitrogen and oxygen atoms in total. The second kappa shape index (κ2) is 6.27. The Bertz CT molecular complexity index is 1030. The van der Waals surface area contributed by atoms with E-state index in [4.69, 9.17) is 4.74 Å². The summed E-state index contributed by atoms with van der Waals surface area (Å²) in [6.07, 6.45) is 1.79. The maximum atomic E-state index is 13.3. The van der Waals surface area contributed by atoms with Crippen LogP contribution in [0.4, 0.5) is 10.3 Å². The fourth-order valence-electron chi connectivity index (χ4n) is 3.51. The van der Waals surface area contributed by atoms with Gasteiger partial charge in [-0.15, -0.1) is 0 Å². The van der Waals surface area contributed by atoms with E-state index >= 15 is 0 Å². The lowest BCUT2D eigenvalue weighted by Gasteiger charge is -2.26. The van der Waals surface area contributed by atoms with E-state index in [9.17, 15) is 9.18 Å². The molecule has 1 saturated heterocycles. The maximum Gasteiger partial charge on any atom is 0.275 e. The molecule has 9 heteroatoms. The van der Waals surface area contributed by atoms with Gasteiger partial charge in [-0.3, -0.25) is 9.89 Å². The number of H-pyrrole nitrogens is 1. The normalized spacial score (nSPS) is 16.8. The molecule has 2 aliphatic rings. The van der Waals surface area contributed by atoms with Crippen molar-refractivity contribution in [1.29, 1.82) is 0 Å². The average molecular weight is 368 g/mol. The number of amides is 1. The van der Waals surface area contributed by atoms with Gasteiger partial charge in [0.1, 0.15) is 5.82 Å². The molecule has 1 N–H and O–H groups in total. The Labute approximate surface area is 154 Å². The van der Waals surface area contributed by atoms with Crippen LogP contribution in [0, 0.1) is 5.82 Å². The third-order valence-corrected chi connectivity index (χ3v) is 4.95. The van der Waals surface area contributed by atoms with Crippen LogP contribution >= 0.6 is 0 Å². The van der Waals surface area contributed by atoms with Gasteiger partial charge in [0.15, 0.2) is 5.69 Å². The summed E-state index contributed by atoms with van der Waals surface area (Å²) in [7, 11) is 0. The number of hydrogen-bond acceptors (Lipinski definition) is 6. The summed E-state index contributed by atoms with van der Waals surface area (Å²) < 4.78 is 18.7. The van der Waals surface area contributed by atoms with Crippen molar-refractivity contribution in [3.63, 3.8) is 0 Å². The van der Waals surface area contributed by atoms with Gasteiger partial charge in [0.25, 0.3) is 5.91 Å². The molecule has 3 aromatic rings. The predicted molar refractivity (Wildman–Crippen MR) is 94.7 cm³/mol. The number of fused-ring (bicyclic) bond motifs is 2. The maximum absolute atomic E-state index is 13.3. The molecule has 0 atom stereocenters. The predicted octanol–water partition coefficient (Wildman–Crippen LogP) is 1.48. The van der Waals surface area contributed by atoms with Gasteiger partial charge < -0.3 is 14.5 Å². The third-order valence-electron chi connectivity index (χ3n) is 4.95. The van der Waals surface area contributed by atoms with Gasteiger partial charge >= 0.3 is 0 Å². The molecule has 0 radical (unpaired) electrons. The van der Waals surface area contributed by atoms with Crippen molar-refractivity contribution >= 4 is 22.8 Å². The third kappa shape index (κ3) is 2.80. The Balaban J connectivity index is 1.39. The minimum absolute atomic E-state index is 0.209. The Morgan fingerprint density at radius 2 is 2.07 bits per heavy atom. The van der Waals surface area contributed by atoms with Crippen LogP contribution in [0.25, 0.3) is 10.9 Å². The molecule has 1 fully saturated rings. The summed E-state index contributed by atoms with van der Waals surface area (Å²) in [6.45, 7) is 3.70. The SMILES string of the molecule is O=C(c1n[nH]c2cc(F)ccc12)N1Cc2cnc(N3CCOCC3)nc2C1. The molecular weight excluding hydrogens is 351 g/mol. The summed E-state index contributed by atoms with van der Waals surface area (Å²) in [5.74, 6) is 0.0930. The number of nitrogens with one attached hydrogen (secondary N) is 1.